The van der Waals surface area contributed by atoms with Crippen molar-refractivity contribution in [2.75, 3.05) is 19.6 Å². The highest BCUT2D eigenvalue weighted by atomic mass is 35.5. The molecular weight excluding hydrogens is 330 g/mol. The van der Waals surface area contributed by atoms with Gasteiger partial charge in [-0.25, -0.2) is 0 Å². The van der Waals surface area contributed by atoms with E-state index in [2.05, 4.69) is 5.32 Å². The van der Waals surface area contributed by atoms with Gasteiger partial charge in [0.15, 0.2) is 0 Å². The minimum atomic E-state index is -0.745. The summed E-state index contributed by atoms with van der Waals surface area (Å²) in [6.45, 7) is 5.73. The number of carbonyl (C=O) groups excluding carboxylic acids is 2. The molecule has 3 N–H and O–H groups in total. The third-order valence-corrected chi connectivity index (χ3v) is 5.19. The summed E-state index contributed by atoms with van der Waals surface area (Å²) in [4.78, 5) is 27.5. The van der Waals surface area contributed by atoms with E-state index in [0.717, 1.165) is 38.5 Å². The Bertz CT molecular complexity index is 423. The predicted octanol–water partition coefficient (Wildman–Crippen LogP) is 1.60. The number of amides is 2. The second-order valence-electron chi connectivity index (χ2n) is 6.67. The highest BCUT2D eigenvalue weighted by molar-refractivity contribution is 5.93. The first-order valence-electron chi connectivity index (χ1n) is 9.03. The van der Waals surface area contributed by atoms with Crippen LogP contribution in [0.25, 0.3) is 0 Å². The van der Waals surface area contributed by atoms with Crippen molar-refractivity contribution in [3.8, 4) is 0 Å². The summed E-state index contributed by atoms with van der Waals surface area (Å²) >= 11 is 0. The van der Waals surface area contributed by atoms with Gasteiger partial charge in [-0.1, -0.05) is 19.3 Å². The van der Waals surface area contributed by atoms with E-state index in [9.17, 15) is 9.59 Å². The SMILES string of the molecule is CCN(CC)C(=O)C1(NC(=O)[C@@H]2CC[C@H](CN)O2)CCCCC1.Cl. The minimum absolute atomic E-state index is 0. The van der Waals surface area contributed by atoms with Crippen LogP contribution in [0.3, 0.4) is 0 Å². The topological polar surface area (TPSA) is 84.7 Å². The van der Waals surface area contributed by atoms with Crippen LogP contribution >= 0.6 is 12.4 Å². The lowest BCUT2D eigenvalue weighted by Gasteiger charge is -2.40. The lowest BCUT2D eigenvalue weighted by Crippen LogP contribution is -2.62. The van der Waals surface area contributed by atoms with Crippen molar-refractivity contribution in [3.63, 3.8) is 0 Å². The quantitative estimate of drug-likeness (QED) is 0.752. The van der Waals surface area contributed by atoms with Gasteiger partial charge in [0.2, 0.25) is 11.8 Å². The van der Waals surface area contributed by atoms with Gasteiger partial charge in [0.1, 0.15) is 11.6 Å². The summed E-state index contributed by atoms with van der Waals surface area (Å²) < 4.78 is 5.69. The van der Waals surface area contributed by atoms with E-state index in [0.29, 0.717) is 26.1 Å². The Morgan fingerprint density at radius 2 is 1.79 bits per heavy atom. The van der Waals surface area contributed by atoms with Crippen LogP contribution in [0.4, 0.5) is 0 Å². The largest absolute Gasteiger partial charge is 0.364 e. The van der Waals surface area contributed by atoms with Gasteiger partial charge in [-0.2, -0.15) is 0 Å². The molecule has 0 radical (unpaired) electrons. The molecule has 6 nitrogen and oxygen atoms in total. The molecule has 7 heteroatoms. The van der Waals surface area contributed by atoms with Crippen LogP contribution in [-0.2, 0) is 14.3 Å². The van der Waals surface area contributed by atoms with Crippen LogP contribution in [0.15, 0.2) is 0 Å². The summed E-state index contributed by atoms with van der Waals surface area (Å²) in [5, 5.41) is 3.07. The molecule has 0 aromatic heterocycles. The standard InChI is InChI=1S/C17H31N3O3.ClH/c1-3-20(4-2)16(22)17(10-6-5-7-11-17)19-15(21)14-9-8-13(12-18)23-14;/h13-14H,3-12,18H2,1-2H3,(H,19,21);1H/t13-,14+;/m1./s1. The van der Waals surface area contributed by atoms with Gasteiger partial charge < -0.3 is 20.7 Å². The smallest absolute Gasteiger partial charge is 0.250 e. The first-order valence-corrected chi connectivity index (χ1v) is 9.03. The Balaban J connectivity index is 0.00000288. The lowest BCUT2D eigenvalue weighted by atomic mass is 9.80. The fourth-order valence-corrected chi connectivity index (χ4v) is 3.75. The second kappa shape index (κ2) is 9.59. The summed E-state index contributed by atoms with van der Waals surface area (Å²) in [7, 11) is 0. The molecule has 1 aliphatic heterocycles. The van der Waals surface area contributed by atoms with E-state index in [1.54, 1.807) is 0 Å². The number of likely N-dealkylation sites (N-methyl/N-ethyl adjacent to an activating group) is 1. The molecule has 0 aromatic carbocycles. The predicted molar refractivity (Wildman–Crippen MR) is 96.1 cm³/mol. The molecule has 0 bridgehead atoms. The van der Waals surface area contributed by atoms with Crippen molar-refractivity contribution < 1.29 is 14.3 Å². The molecule has 2 atom stereocenters. The molecule has 0 aromatic rings. The summed E-state index contributed by atoms with van der Waals surface area (Å²) in [6.07, 6.45) is 5.52. The maximum Gasteiger partial charge on any atom is 0.250 e. The monoisotopic (exact) mass is 361 g/mol. The van der Waals surface area contributed by atoms with Crippen molar-refractivity contribution in [3.05, 3.63) is 0 Å². The van der Waals surface area contributed by atoms with Gasteiger partial charge in [0.05, 0.1) is 6.10 Å². The fourth-order valence-electron chi connectivity index (χ4n) is 3.75. The van der Waals surface area contributed by atoms with E-state index in [1.807, 2.05) is 18.7 Å². The normalized spacial score (nSPS) is 25.6. The molecule has 1 aliphatic carbocycles. The molecule has 0 spiro atoms. The van der Waals surface area contributed by atoms with Crippen LogP contribution in [0.1, 0.15) is 58.8 Å². The zero-order chi connectivity index (χ0) is 16.9. The van der Waals surface area contributed by atoms with Crippen LogP contribution in [0, 0.1) is 0 Å². The lowest BCUT2D eigenvalue weighted by molar-refractivity contribution is -0.146. The van der Waals surface area contributed by atoms with E-state index < -0.39 is 11.6 Å². The number of rotatable bonds is 6. The highest BCUT2D eigenvalue weighted by Gasteiger charge is 2.44. The first-order chi connectivity index (χ1) is 11.1. The number of nitrogens with two attached hydrogens (primary N) is 1. The molecule has 140 valence electrons. The van der Waals surface area contributed by atoms with E-state index >= 15 is 0 Å². The highest BCUT2D eigenvalue weighted by Crippen LogP contribution is 2.31. The number of hydrogen-bond acceptors (Lipinski definition) is 4. The van der Waals surface area contributed by atoms with E-state index in [-0.39, 0.29) is 30.3 Å². The van der Waals surface area contributed by atoms with Crippen molar-refractivity contribution in [1.29, 1.82) is 0 Å². The molecule has 1 heterocycles. The average molecular weight is 362 g/mol. The number of carbonyl (C=O) groups is 2. The van der Waals surface area contributed by atoms with Gasteiger partial charge in [-0.3, -0.25) is 9.59 Å². The molecule has 1 saturated carbocycles. The second-order valence-corrected chi connectivity index (χ2v) is 6.67. The number of nitrogens with zero attached hydrogens (tertiary/aromatic N) is 1. The van der Waals surface area contributed by atoms with E-state index in [4.69, 9.17) is 10.5 Å². The van der Waals surface area contributed by atoms with Gasteiger partial charge in [-0.15, -0.1) is 12.4 Å². The van der Waals surface area contributed by atoms with Crippen LogP contribution in [0.2, 0.25) is 0 Å². The van der Waals surface area contributed by atoms with Crippen molar-refractivity contribution >= 4 is 24.2 Å². The number of nitrogens with one attached hydrogen (secondary N) is 1. The Hall–Kier alpha value is -0.850. The van der Waals surface area contributed by atoms with Gasteiger partial charge >= 0.3 is 0 Å². The number of hydrogen-bond donors (Lipinski definition) is 2. The molecule has 0 unspecified atom stereocenters. The first kappa shape index (κ1) is 21.2. The third-order valence-electron chi connectivity index (χ3n) is 5.19. The molecular formula is C17H32ClN3O3. The maximum absolute atomic E-state index is 13.0. The fraction of sp³-hybridized carbons (Fsp3) is 0.882. The molecule has 1 saturated heterocycles. The summed E-state index contributed by atoms with van der Waals surface area (Å²) in [6, 6.07) is 0. The zero-order valence-corrected chi connectivity index (χ0v) is 15.7. The average Bonchev–Trinajstić information content (AvgIpc) is 3.06. The van der Waals surface area contributed by atoms with Gasteiger partial charge in [0, 0.05) is 19.6 Å². The number of halogens is 1. The molecule has 2 amide bonds. The summed E-state index contributed by atoms with van der Waals surface area (Å²) in [5.41, 5.74) is 4.87. The zero-order valence-electron chi connectivity index (χ0n) is 14.9. The Labute approximate surface area is 151 Å². The molecule has 24 heavy (non-hydrogen) atoms. The van der Waals surface area contributed by atoms with E-state index in [1.165, 1.54) is 0 Å². The number of ether oxygens (including phenoxy) is 1. The van der Waals surface area contributed by atoms with Crippen LogP contribution in [0.5, 0.6) is 0 Å². The molecule has 2 fully saturated rings. The van der Waals surface area contributed by atoms with Gasteiger partial charge in [-0.05, 0) is 39.5 Å². The Kier molecular flexibility index (Phi) is 8.46. The Morgan fingerprint density at radius 1 is 1.17 bits per heavy atom. The molecule has 2 rings (SSSR count). The van der Waals surface area contributed by atoms with Crippen LogP contribution in [-0.4, -0.2) is 54.1 Å². The minimum Gasteiger partial charge on any atom is -0.364 e. The van der Waals surface area contributed by atoms with Crippen LogP contribution < -0.4 is 11.1 Å². The Morgan fingerprint density at radius 3 is 2.29 bits per heavy atom. The van der Waals surface area contributed by atoms with Crippen molar-refractivity contribution in [2.45, 2.75) is 76.5 Å². The van der Waals surface area contributed by atoms with Crippen molar-refractivity contribution in [1.82, 2.24) is 10.2 Å². The summed E-state index contributed by atoms with van der Waals surface area (Å²) in [5.74, 6) is -0.0905. The van der Waals surface area contributed by atoms with Crippen molar-refractivity contribution in [2.24, 2.45) is 5.73 Å². The maximum atomic E-state index is 13.0. The molecule has 2 aliphatic rings. The third kappa shape index (κ3) is 4.61. The van der Waals surface area contributed by atoms with Gasteiger partial charge in [0.25, 0.3) is 0 Å².